The van der Waals surface area contributed by atoms with Crippen molar-refractivity contribution in [1.82, 2.24) is 10.0 Å². The topological polar surface area (TPSA) is 113 Å². The number of rotatable bonds is 6. The Bertz CT molecular complexity index is 542. The Morgan fingerprint density at radius 3 is 2.40 bits per heavy atom. The third kappa shape index (κ3) is 2.85. The smallest absolute Gasteiger partial charge is 0.307 e. The summed E-state index contributed by atoms with van der Waals surface area (Å²) in [6.07, 6.45) is 4.43. The van der Waals surface area contributed by atoms with Gasteiger partial charge >= 0.3 is 5.97 Å². The molecule has 0 aromatic heterocycles. The maximum atomic E-state index is 12.1. The molecule has 0 aliphatic heterocycles. The van der Waals surface area contributed by atoms with Gasteiger partial charge in [0.15, 0.2) is 0 Å². The molecular formula is C12H18N2O5S. The number of carboxylic acid groups (broad SMARTS) is 1. The molecule has 20 heavy (non-hydrogen) atoms. The number of carbonyl (C=O) groups excluding carboxylic acids is 1. The molecule has 0 aromatic carbocycles. The number of fused-ring (bicyclic) bond motifs is 2. The Morgan fingerprint density at radius 1 is 1.25 bits per heavy atom. The minimum atomic E-state index is -3.37. The third-order valence-corrected chi connectivity index (χ3v) is 5.39. The van der Waals surface area contributed by atoms with Gasteiger partial charge in [-0.2, -0.15) is 0 Å². The molecule has 0 radical (unpaired) electrons. The molecule has 1 amide bonds. The molecule has 7 nitrogen and oxygen atoms in total. The monoisotopic (exact) mass is 302 g/mol. The molecule has 2 bridgehead atoms. The Hall–Kier alpha value is -1.41. The van der Waals surface area contributed by atoms with Gasteiger partial charge < -0.3 is 10.4 Å². The Kier molecular flexibility index (Phi) is 4.14. The van der Waals surface area contributed by atoms with E-state index in [0.29, 0.717) is 6.42 Å². The van der Waals surface area contributed by atoms with Crippen LogP contribution < -0.4 is 10.0 Å². The second-order valence-electron chi connectivity index (χ2n) is 5.15. The van der Waals surface area contributed by atoms with E-state index in [1.807, 2.05) is 12.2 Å². The molecular weight excluding hydrogens is 284 g/mol. The summed E-state index contributed by atoms with van der Waals surface area (Å²) >= 11 is 0. The first-order valence-corrected chi connectivity index (χ1v) is 8.11. The van der Waals surface area contributed by atoms with Crippen LogP contribution in [0.15, 0.2) is 12.2 Å². The summed E-state index contributed by atoms with van der Waals surface area (Å²) in [7, 11) is -2.07. The number of carbonyl (C=O) groups is 2. The lowest BCUT2D eigenvalue weighted by Crippen LogP contribution is -2.42. The molecule has 1 saturated carbocycles. The van der Waals surface area contributed by atoms with Gasteiger partial charge in [-0.15, -0.1) is 0 Å². The molecule has 112 valence electrons. The standard InChI is InChI=1S/C12H18N2O5S/c1-13-20(18,19)5-4-14-11(15)9-7-2-3-8(6-7)10(9)12(16)17/h2-3,7-10,13H,4-6H2,1H3,(H,14,15)(H,16,17)/t7?,8?,9-,10+/m0/s1. The summed E-state index contributed by atoms with van der Waals surface area (Å²) in [5.74, 6) is -3.00. The lowest BCUT2D eigenvalue weighted by Gasteiger charge is -2.23. The number of sulfonamides is 1. The third-order valence-electron chi connectivity index (χ3n) is 4.03. The van der Waals surface area contributed by atoms with Crippen LogP contribution in [-0.2, 0) is 19.6 Å². The van der Waals surface area contributed by atoms with Crippen LogP contribution in [0.1, 0.15) is 6.42 Å². The SMILES string of the molecule is CNS(=O)(=O)CCNC(=O)[C@H]1C2C=CC(C2)[C@H]1C(=O)O. The zero-order valence-electron chi connectivity index (χ0n) is 11.1. The zero-order valence-corrected chi connectivity index (χ0v) is 11.9. The average molecular weight is 302 g/mol. The van der Waals surface area contributed by atoms with Crippen molar-refractivity contribution in [1.29, 1.82) is 0 Å². The fourth-order valence-corrected chi connectivity index (χ4v) is 3.62. The molecule has 0 spiro atoms. The molecule has 3 N–H and O–H groups in total. The summed E-state index contributed by atoms with van der Waals surface area (Å²) in [5.41, 5.74) is 0. The Balaban J connectivity index is 1.95. The van der Waals surface area contributed by atoms with Gasteiger partial charge in [-0.3, -0.25) is 9.59 Å². The van der Waals surface area contributed by atoms with Crippen LogP contribution in [0, 0.1) is 23.7 Å². The van der Waals surface area contributed by atoms with Crippen LogP contribution in [0.25, 0.3) is 0 Å². The van der Waals surface area contributed by atoms with Crippen molar-refractivity contribution in [2.24, 2.45) is 23.7 Å². The van der Waals surface area contributed by atoms with Crippen molar-refractivity contribution in [2.75, 3.05) is 19.3 Å². The quantitative estimate of drug-likeness (QED) is 0.555. The van der Waals surface area contributed by atoms with Gasteiger partial charge in [0.05, 0.1) is 17.6 Å². The Labute approximate surface area is 117 Å². The van der Waals surface area contributed by atoms with E-state index in [0.717, 1.165) is 0 Å². The number of carboxylic acids is 1. The molecule has 0 aromatic rings. The van der Waals surface area contributed by atoms with E-state index in [9.17, 15) is 23.1 Å². The molecule has 0 heterocycles. The van der Waals surface area contributed by atoms with Crippen molar-refractivity contribution in [2.45, 2.75) is 6.42 Å². The van der Waals surface area contributed by atoms with Crippen molar-refractivity contribution >= 4 is 21.9 Å². The van der Waals surface area contributed by atoms with E-state index in [4.69, 9.17) is 0 Å². The molecule has 2 aliphatic carbocycles. The van der Waals surface area contributed by atoms with Gasteiger partial charge in [0.25, 0.3) is 0 Å². The molecule has 2 unspecified atom stereocenters. The van der Waals surface area contributed by atoms with E-state index < -0.39 is 27.8 Å². The number of hydrogen-bond donors (Lipinski definition) is 3. The van der Waals surface area contributed by atoms with Crippen LogP contribution in [0.2, 0.25) is 0 Å². The average Bonchev–Trinajstić information content (AvgIpc) is 2.98. The largest absolute Gasteiger partial charge is 0.481 e. The molecule has 1 fully saturated rings. The normalized spacial score (nSPS) is 31.4. The Morgan fingerprint density at radius 2 is 1.85 bits per heavy atom. The number of nitrogens with one attached hydrogen (secondary N) is 2. The molecule has 2 aliphatic rings. The first-order chi connectivity index (χ1) is 9.35. The number of aliphatic carboxylic acids is 1. The number of hydrogen-bond acceptors (Lipinski definition) is 4. The summed E-state index contributed by atoms with van der Waals surface area (Å²) < 4.78 is 24.6. The van der Waals surface area contributed by atoms with Gasteiger partial charge in [0.1, 0.15) is 0 Å². The van der Waals surface area contributed by atoms with Crippen LogP contribution in [0.3, 0.4) is 0 Å². The highest BCUT2D eigenvalue weighted by Gasteiger charge is 2.51. The number of amides is 1. The van der Waals surface area contributed by atoms with Crippen molar-refractivity contribution in [3.63, 3.8) is 0 Å². The molecule has 8 heteroatoms. The van der Waals surface area contributed by atoms with E-state index in [-0.39, 0.29) is 30.0 Å². The maximum absolute atomic E-state index is 12.1. The number of allylic oxidation sites excluding steroid dienone is 2. The molecule has 0 saturated heterocycles. The summed E-state index contributed by atoms with van der Waals surface area (Å²) in [6, 6.07) is 0. The highest BCUT2D eigenvalue weighted by atomic mass is 32.2. The molecule has 2 rings (SSSR count). The second-order valence-corrected chi connectivity index (χ2v) is 7.20. The van der Waals surface area contributed by atoms with Gasteiger partial charge in [0, 0.05) is 6.54 Å². The van der Waals surface area contributed by atoms with Crippen LogP contribution in [0.5, 0.6) is 0 Å². The highest BCUT2D eigenvalue weighted by Crippen LogP contribution is 2.48. The minimum absolute atomic E-state index is 0.0219. The predicted octanol–water partition coefficient (Wildman–Crippen LogP) is -0.825. The summed E-state index contributed by atoms with van der Waals surface area (Å²) in [6.45, 7) is -0.0219. The highest BCUT2D eigenvalue weighted by molar-refractivity contribution is 7.89. The van der Waals surface area contributed by atoms with E-state index in [2.05, 4.69) is 10.0 Å². The minimum Gasteiger partial charge on any atom is -0.481 e. The van der Waals surface area contributed by atoms with Crippen LogP contribution >= 0.6 is 0 Å². The van der Waals surface area contributed by atoms with Gasteiger partial charge in [0.2, 0.25) is 15.9 Å². The zero-order chi connectivity index (χ0) is 14.9. The summed E-state index contributed by atoms with van der Waals surface area (Å²) in [4.78, 5) is 23.4. The maximum Gasteiger partial charge on any atom is 0.307 e. The first kappa shape index (κ1) is 15.0. The van der Waals surface area contributed by atoms with Crippen molar-refractivity contribution < 1.29 is 23.1 Å². The summed E-state index contributed by atoms with van der Waals surface area (Å²) in [5, 5.41) is 11.8. The van der Waals surface area contributed by atoms with Crippen molar-refractivity contribution in [3.05, 3.63) is 12.2 Å². The molecule has 4 atom stereocenters. The second kappa shape index (κ2) is 5.53. The lowest BCUT2D eigenvalue weighted by molar-refractivity contribution is -0.147. The fraction of sp³-hybridized carbons (Fsp3) is 0.667. The van der Waals surface area contributed by atoms with Gasteiger partial charge in [-0.05, 0) is 25.3 Å². The van der Waals surface area contributed by atoms with Crippen LogP contribution in [0.4, 0.5) is 0 Å². The van der Waals surface area contributed by atoms with Gasteiger partial charge in [-0.1, -0.05) is 12.2 Å². The fourth-order valence-electron chi connectivity index (χ4n) is 3.04. The van der Waals surface area contributed by atoms with Crippen molar-refractivity contribution in [3.8, 4) is 0 Å². The van der Waals surface area contributed by atoms with Gasteiger partial charge in [-0.25, -0.2) is 13.1 Å². The van der Waals surface area contributed by atoms with E-state index in [1.165, 1.54) is 7.05 Å². The van der Waals surface area contributed by atoms with Crippen LogP contribution in [-0.4, -0.2) is 44.7 Å². The predicted molar refractivity (Wildman–Crippen MR) is 71.2 cm³/mol. The first-order valence-electron chi connectivity index (χ1n) is 6.46. The van der Waals surface area contributed by atoms with E-state index in [1.54, 1.807) is 0 Å². The lowest BCUT2D eigenvalue weighted by atomic mass is 9.82. The van der Waals surface area contributed by atoms with E-state index >= 15 is 0 Å².